The maximum absolute atomic E-state index is 10.8. The summed E-state index contributed by atoms with van der Waals surface area (Å²) in [5, 5.41) is 4.88. The molecule has 0 bridgehead atoms. The molecule has 1 aromatic carbocycles. The molecule has 0 fully saturated rings. The number of hydrogen-bond acceptors (Lipinski definition) is 2. The fourth-order valence-corrected chi connectivity index (χ4v) is 2.12. The van der Waals surface area contributed by atoms with E-state index in [1.807, 2.05) is 0 Å². The Morgan fingerprint density at radius 1 is 1.50 bits per heavy atom. The van der Waals surface area contributed by atoms with Crippen LogP contribution in [0.3, 0.4) is 0 Å². The minimum absolute atomic E-state index is 0.218. The molecule has 0 aliphatic rings. The lowest BCUT2D eigenvalue weighted by atomic mass is 10.2. The van der Waals surface area contributed by atoms with Gasteiger partial charge in [0.15, 0.2) is 0 Å². The van der Waals surface area contributed by atoms with Crippen LogP contribution in [0.2, 0.25) is 0 Å². The van der Waals surface area contributed by atoms with E-state index >= 15 is 0 Å². The van der Waals surface area contributed by atoms with Crippen LogP contribution >= 0.6 is 15.9 Å². The Morgan fingerprint density at radius 3 is 2.57 bits per heavy atom. The lowest BCUT2D eigenvalue weighted by Crippen LogP contribution is -2.14. The smallest absolute Gasteiger partial charge is 0.213 e. The van der Waals surface area contributed by atoms with Crippen LogP contribution in [0.4, 0.5) is 5.69 Å². The molecule has 0 heterocycles. The van der Waals surface area contributed by atoms with Gasteiger partial charge < -0.3 is 0 Å². The van der Waals surface area contributed by atoms with Gasteiger partial charge in [0, 0.05) is 4.47 Å². The average Bonchev–Trinajstić information content (AvgIpc) is 2.01. The van der Waals surface area contributed by atoms with E-state index in [0.717, 1.165) is 0 Å². The number of nitrogens with two attached hydrogens (primary N) is 1. The lowest BCUT2D eigenvalue weighted by Gasteiger charge is -2.01. The van der Waals surface area contributed by atoms with E-state index in [9.17, 15) is 8.42 Å². The summed E-state index contributed by atoms with van der Waals surface area (Å²) in [7, 11) is -3.51. The summed E-state index contributed by atoms with van der Waals surface area (Å²) in [6, 6.07) is 4.71. The van der Waals surface area contributed by atoms with Crippen LogP contribution in [0.1, 0.15) is 5.56 Å². The minimum atomic E-state index is -3.51. The van der Waals surface area contributed by atoms with Crippen molar-refractivity contribution in [3.05, 3.63) is 39.7 Å². The van der Waals surface area contributed by atoms with Crippen molar-refractivity contribution < 1.29 is 8.42 Å². The Kier molecular flexibility index (Phi) is 3.26. The third kappa shape index (κ3) is 3.10. The quantitative estimate of drug-likeness (QED) is 0.836. The van der Waals surface area contributed by atoms with E-state index in [-0.39, 0.29) is 5.75 Å². The molecular formula is C8H7BrN2O2S. The first kappa shape index (κ1) is 11.2. The minimum Gasteiger partial charge on any atom is -0.237 e. The van der Waals surface area contributed by atoms with Crippen molar-refractivity contribution in [1.82, 2.24) is 0 Å². The molecule has 4 nitrogen and oxygen atoms in total. The number of benzene rings is 1. The first-order chi connectivity index (χ1) is 6.42. The number of sulfonamides is 1. The number of hydrogen-bond donors (Lipinski definition) is 1. The van der Waals surface area contributed by atoms with Crippen molar-refractivity contribution in [2.45, 2.75) is 5.75 Å². The molecule has 0 aliphatic carbocycles. The normalized spacial score (nSPS) is 10.9. The van der Waals surface area contributed by atoms with Crippen LogP contribution in [0.25, 0.3) is 4.85 Å². The molecule has 1 aromatic rings. The molecule has 14 heavy (non-hydrogen) atoms. The molecule has 74 valence electrons. The van der Waals surface area contributed by atoms with Gasteiger partial charge in [-0.3, -0.25) is 0 Å². The third-order valence-corrected chi connectivity index (χ3v) is 2.87. The van der Waals surface area contributed by atoms with Gasteiger partial charge in [0.1, 0.15) is 0 Å². The summed E-state index contributed by atoms with van der Waals surface area (Å²) in [5.41, 5.74) is 1.01. The highest BCUT2D eigenvalue weighted by Gasteiger charge is 2.07. The van der Waals surface area contributed by atoms with Crippen LogP contribution in [0.5, 0.6) is 0 Å². The van der Waals surface area contributed by atoms with Crippen molar-refractivity contribution in [3.8, 4) is 0 Å². The summed E-state index contributed by atoms with van der Waals surface area (Å²) >= 11 is 3.17. The predicted molar refractivity (Wildman–Crippen MR) is 57.2 cm³/mol. The highest BCUT2D eigenvalue weighted by molar-refractivity contribution is 9.10. The molecule has 0 aliphatic heterocycles. The Morgan fingerprint density at radius 2 is 2.14 bits per heavy atom. The second kappa shape index (κ2) is 4.09. The fourth-order valence-electron chi connectivity index (χ4n) is 0.963. The van der Waals surface area contributed by atoms with Gasteiger partial charge in [-0.05, 0) is 5.56 Å². The van der Waals surface area contributed by atoms with Gasteiger partial charge in [0.2, 0.25) is 15.7 Å². The molecule has 0 spiro atoms. The molecule has 0 amide bonds. The van der Waals surface area contributed by atoms with Crippen molar-refractivity contribution in [1.29, 1.82) is 0 Å². The topological polar surface area (TPSA) is 64.5 Å². The van der Waals surface area contributed by atoms with Crippen molar-refractivity contribution in [2.24, 2.45) is 5.14 Å². The zero-order valence-electron chi connectivity index (χ0n) is 7.07. The maximum atomic E-state index is 10.8. The lowest BCUT2D eigenvalue weighted by molar-refractivity contribution is 0.597. The Labute approximate surface area is 90.7 Å². The Bertz CT molecular complexity index is 491. The van der Waals surface area contributed by atoms with Crippen LogP contribution in [-0.2, 0) is 15.8 Å². The molecule has 6 heteroatoms. The number of primary sulfonamides is 1. The van der Waals surface area contributed by atoms with Gasteiger partial charge in [0.25, 0.3) is 0 Å². The van der Waals surface area contributed by atoms with Crippen molar-refractivity contribution >= 4 is 31.6 Å². The SMILES string of the molecule is [C-]#[N+]c1ccc(CS(N)(=O)=O)cc1Br. The molecule has 0 aromatic heterocycles. The summed E-state index contributed by atoms with van der Waals surface area (Å²) in [6.07, 6.45) is 0. The molecule has 0 unspecified atom stereocenters. The predicted octanol–water partition coefficient (Wildman–Crippen LogP) is 1.79. The largest absolute Gasteiger partial charge is 0.237 e. The van der Waals surface area contributed by atoms with Gasteiger partial charge in [-0.1, -0.05) is 34.1 Å². The van der Waals surface area contributed by atoms with Crippen LogP contribution < -0.4 is 5.14 Å². The van der Waals surface area contributed by atoms with Gasteiger partial charge in [-0.2, -0.15) is 0 Å². The molecular weight excluding hydrogens is 268 g/mol. The third-order valence-electron chi connectivity index (χ3n) is 1.50. The van der Waals surface area contributed by atoms with E-state index in [0.29, 0.717) is 15.7 Å². The summed E-state index contributed by atoms with van der Waals surface area (Å²) in [4.78, 5) is 3.23. The maximum Gasteiger partial charge on any atom is 0.213 e. The van der Waals surface area contributed by atoms with Crippen molar-refractivity contribution in [3.63, 3.8) is 0 Å². The standard InChI is InChI=1S/C8H7BrN2O2S/c1-11-8-3-2-6(4-7(8)9)5-14(10,12)13/h2-4H,5H2,(H2,10,12,13). The molecule has 0 saturated carbocycles. The fraction of sp³-hybridized carbons (Fsp3) is 0.125. The molecule has 1 rings (SSSR count). The average molecular weight is 275 g/mol. The summed E-state index contributed by atoms with van der Waals surface area (Å²) < 4.78 is 22.1. The van der Waals surface area contributed by atoms with E-state index in [1.165, 1.54) is 0 Å². The summed E-state index contributed by atoms with van der Waals surface area (Å²) in [6.45, 7) is 6.79. The van der Waals surface area contributed by atoms with Gasteiger partial charge in [0.05, 0.1) is 12.3 Å². The number of rotatable bonds is 2. The second-order valence-corrected chi connectivity index (χ2v) is 5.17. The zero-order valence-corrected chi connectivity index (χ0v) is 9.47. The Hall–Kier alpha value is -0.900. The van der Waals surface area contributed by atoms with Gasteiger partial charge >= 0.3 is 0 Å². The first-order valence-corrected chi connectivity index (χ1v) is 6.09. The van der Waals surface area contributed by atoms with Gasteiger partial charge in [-0.15, -0.1) is 0 Å². The number of nitrogens with zero attached hydrogens (tertiary/aromatic N) is 1. The Balaban J connectivity index is 3.06. The van der Waals surface area contributed by atoms with Crippen molar-refractivity contribution in [2.75, 3.05) is 0 Å². The van der Waals surface area contributed by atoms with E-state index in [2.05, 4.69) is 20.8 Å². The second-order valence-electron chi connectivity index (χ2n) is 2.70. The van der Waals surface area contributed by atoms with Crippen LogP contribution in [0, 0.1) is 6.57 Å². The highest BCUT2D eigenvalue weighted by Crippen LogP contribution is 2.26. The highest BCUT2D eigenvalue weighted by atomic mass is 79.9. The van der Waals surface area contributed by atoms with E-state index in [4.69, 9.17) is 11.7 Å². The molecule has 0 radical (unpaired) electrons. The molecule has 0 atom stereocenters. The van der Waals surface area contributed by atoms with Crippen LogP contribution in [-0.4, -0.2) is 8.42 Å². The van der Waals surface area contributed by atoms with E-state index < -0.39 is 10.0 Å². The van der Waals surface area contributed by atoms with E-state index in [1.54, 1.807) is 18.2 Å². The molecule has 0 saturated heterocycles. The van der Waals surface area contributed by atoms with Gasteiger partial charge in [-0.25, -0.2) is 18.4 Å². The summed E-state index contributed by atoms with van der Waals surface area (Å²) in [5.74, 6) is -0.218. The molecule has 2 N–H and O–H groups in total. The monoisotopic (exact) mass is 274 g/mol. The number of halogens is 1. The zero-order chi connectivity index (χ0) is 10.8. The first-order valence-electron chi connectivity index (χ1n) is 3.59. The van der Waals surface area contributed by atoms with Crippen LogP contribution in [0.15, 0.2) is 22.7 Å².